The number of rotatable bonds is 7. The van der Waals surface area contributed by atoms with Gasteiger partial charge in [0.15, 0.2) is 5.16 Å². The molecule has 0 saturated heterocycles. The maximum absolute atomic E-state index is 12.8. The average molecular weight is 406 g/mol. The highest BCUT2D eigenvalue weighted by Crippen LogP contribution is 2.30. The van der Waals surface area contributed by atoms with Crippen LogP contribution in [0.25, 0.3) is 11.3 Å². The molecule has 0 fully saturated rings. The summed E-state index contributed by atoms with van der Waals surface area (Å²) in [6, 6.07) is 16.0. The number of para-hydroxylation sites is 1. The van der Waals surface area contributed by atoms with Crippen molar-refractivity contribution in [2.75, 3.05) is 24.3 Å². The molecule has 1 aliphatic heterocycles. The van der Waals surface area contributed by atoms with Crippen molar-refractivity contribution in [3.8, 4) is 17.0 Å². The molecule has 0 spiro atoms. The minimum Gasteiger partial charge on any atom is -0.497 e. The lowest BCUT2D eigenvalue weighted by molar-refractivity contribution is -0.116. The number of hydrogen-bond acceptors (Lipinski definition) is 4. The Morgan fingerprint density at radius 2 is 2.03 bits per heavy atom. The molecule has 0 radical (unpaired) electrons. The van der Waals surface area contributed by atoms with Gasteiger partial charge in [-0.25, -0.2) is 4.98 Å². The molecule has 1 amide bonds. The quantitative estimate of drug-likeness (QED) is 0.431. The fraction of sp³-hybridized carbons (Fsp3) is 0.217. The highest BCUT2D eigenvalue weighted by atomic mass is 32.2. The molecule has 0 N–H and O–H groups in total. The van der Waals surface area contributed by atoms with Crippen molar-refractivity contribution in [3.63, 3.8) is 0 Å². The number of amides is 1. The zero-order valence-electron chi connectivity index (χ0n) is 16.4. The number of ether oxygens (including phenoxy) is 1. The summed E-state index contributed by atoms with van der Waals surface area (Å²) in [5.41, 5.74) is 4.31. The Balaban J connectivity index is 1.51. The summed E-state index contributed by atoms with van der Waals surface area (Å²) in [7, 11) is 1.65. The Labute approximate surface area is 175 Å². The van der Waals surface area contributed by atoms with Gasteiger partial charge in [0, 0.05) is 24.3 Å². The lowest BCUT2D eigenvalue weighted by Gasteiger charge is -2.17. The maximum atomic E-state index is 12.8. The molecule has 0 aliphatic carbocycles. The molecule has 29 heavy (non-hydrogen) atoms. The first-order chi connectivity index (χ1) is 14.2. The van der Waals surface area contributed by atoms with Gasteiger partial charge >= 0.3 is 0 Å². The van der Waals surface area contributed by atoms with Crippen LogP contribution in [-0.4, -0.2) is 34.9 Å². The first kappa shape index (κ1) is 19.3. The van der Waals surface area contributed by atoms with E-state index in [4.69, 9.17) is 4.74 Å². The fourth-order valence-electron chi connectivity index (χ4n) is 3.57. The average Bonchev–Trinajstić information content (AvgIpc) is 3.37. The van der Waals surface area contributed by atoms with Gasteiger partial charge in [0.05, 0.1) is 24.8 Å². The van der Waals surface area contributed by atoms with E-state index in [0.717, 1.165) is 40.8 Å². The second kappa shape index (κ2) is 8.57. The summed E-state index contributed by atoms with van der Waals surface area (Å²) in [5.74, 6) is 1.28. The zero-order chi connectivity index (χ0) is 20.2. The molecule has 0 bridgehead atoms. The number of thioether (sulfide) groups is 1. The van der Waals surface area contributed by atoms with Crippen molar-refractivity contribution in [1.82, 2.24) is 9.55 Å². The largest absolute Gasteiger partial charge is 0.497 e. The van der Waals surface area contributed by atoms with Gasteiger partial charge in [0.25, 0.3) is 0 Å². The highest BCUT2D eigenvalue weighted by Gasteiger charge is 2.24. The van der Waals surface area contributed by atoms with Gasteiger partial charge in [-0.1, -0.05) is 36.0 Å². The number of carbonyl (C=O) groups is 1. The van der Waals surface area contributed by atoms with Crippen LogP contribution >= 0.6 is 11.8 Å². The standard InChI is InChI=1S/C23H23N3O2S/c1-3-13-26-21(18-8-10-19(28-2)11-9-18)15-24-23(26)29-16-22(27)25-14-12-17-6-4-5-7-20(17)25/h3-11,15H,1,12-14,16H2,2H3. The third kappa shape index (κ3) is 3.93. The number of aromatic nitrogens is 2. The van der Waals surface area contributed by atoms with E-state index in [1.54, 1.807) is 7.11 Å². The first-order valence-corrected chi connectivity index (χ1v) is 10.5. The molecule has 2 aromatic carbocycles. The summed E-state index contributed by atoms with van der Waals surface area (Å²) in [6.45, 7) is 5.25. The monoisotopic (exact) mass is 405 g/mol. The number of hydrogen-bond donors (Lipinski definition) is 0. The minimum absolute atomic E-state index is 0.110. The number of nitrogens with zero attached hydrogens (tertiary/aromatic N) is 3. The lowest BCUT2D eigenvalue weighted by atomic mass is 10.1. The number of allylic oxidation sites excluding steroid dienone is 1. The van der Waals surface area contributed by atoms with Gasteiger partial charge in [-0.15, -0.1) is 6.58 Å². The summed E-state index contributed by atoms with van der Waals surface area (Å²) in [4.78, 5) is 19.3. The number of imidazole rings is 1. The predicted molar refractivity (Wildman–Crippen MR) is 118 cm³/mol. The fourth-order valence-corrected chi connectivity index (χ4v) is 4.44. The number of benzene rings is 2. The molecule has 2 heterocycles. The smallest absolute Gasteiger partial charge is 0.237 e. The molecule has 5 nitrogen and oxygen atoms in total. The van der Waals surface area contributed by atoms with Crippen LogP contribution in [0, 0.1) is 0 Å². The van der Waals surface area contributed by atoms with Crippen LogP contribution in [0.2, 0.25) is 0 Å². The normalized spacial score (nSPS) is 12.7. The van der Waals surface area contributed by atoms with Gasteiger partial charge in [-0.05, 0) is 42.3 Å². The molecule has 0 saturated carbocycles. The van der Waals surface area contributed by atoms with Crippen molar-refractivity contribution < 1.29 is 9.53 Å². The number of fused-ring (bicyclic) bond motifs is 1. The summed E-state index contributed by atoms with van der Waals surface area (Å²) < 4.78 is 7.33. The van der Waals surface area contributed by atoms with E-state index in [1.165, 1.54) is 17.3 Å². The van der Waals surface area contributed by atoms with E-state index in [9.17, 15) is 4.79 Å². The molecule has 4 rings (SSSR count). The van der Waals surface area contributed by atoms with Gasteiger partial charge < -0.3 is 14.2 Å². The Morgan fingerprint density at radius 3 is 2.79 bits per heavy atom. The molecule has 1 aliphatic rings. The van der Waals surface area contributed by atoms with Gasteiger partial charge in [-0.2, -0.15) is 0 Å². The van der Waals surface area contributed by atoms with Gasteiger partial charge in [-0.3, -0.25) is 4.79 Å². The van der Waals surface area contributed by atoms with E-state index < -0.39 is 0 Å². The minimum atomic E-state index is 0.110. The van der Waals surface area contributed by atoms with E-state index in [1.807, 2.05) is 59.6 Å². The van der Waals surface area contributed by atoms with Crippen LogP contribution in [0.4, 0.5) is 5.69 Å². The van der Waals surface area contributed by atoms with Gasteiger partial charge in [0.2, 0.25) is 5.91 Å². The Kier molecular flexibility index (Phi) is 5.71. The maximum Gasteiger partial charge on any atom is 0.237 e. The van der Waals surface area contributed by atoms with Crippen LogP contribution in [0.3, 0.4) is 0 Å². The lowest BCUT2D eigenvalue weighted by Crippen LogP contribution is -2.30. The first-order valence-electron chi connectivity index (χ1n) is 9.53. The molecule has 3 aromatic rings. The third-order valence-electron chi connectivity index (χ3n) is 5.03. The molecule has 148 valence electrons. The SMILES string of the molecule is C=CCn1c(-c2ccc(OC)cc2)cnc1SCC(=O)N1CCc2ccccc21. The van der Waals surface area contributed by atoms with Gasteiger partial charge in [0.1, 0.15) is 5.75 Å². The zero-order valence-corrected chi connectivity index (χ0v) is 17.2. The summed E-state index contributed by atoms with van der Waals surface area (Å²) >= 11 is 1.47. The van der Waals surface area contributed by atoms with E-state index in [0.29, 0.717) is 12.3 Å². The Bertz CT molecular complexity index is 1030. The summed E-state index contributed by atoms with van der Waals surface area (Å²) in [5, 5.41) is 0.816. The summed E-state index contributed by atoms with van der Waals surface area (Å²) in [6.07, 6.45) is 4.61. The topological polar surface area (TPSA) is 47.4 Å². The molecular weight excluding hydrogens is 382 g/mol. The van der Waals surface area contributed by atoms with E-state index in [-0.39, 0.29) is 5.91 Å². The van der Waals surface area contributed by atoms with Crippen molar-refractivity contribution in [2.45, 2.75) is 18.1 Å². The highest BCUT2D eigenvalue weighted by molar-refractivity contribution is 7.99. The molecule has 6 heteroatoms. The van der Waals surface area contributed by atoms with Crippen LogP contribution in [0.15, 0.2) is 72.5 Å². The molecular formula is C23H23N3O2S. The van der Waals surface area contributed by atoms with Crippen molar-refractivity contribution in [3.05, 3.63) is 72.9 Å². The Hall–Kier alpha value is -2.99. The van der Waals surface area contributed by atoms with Crippen LogP contribution < -0.4 is 9.64 Å². The van der Waals surface area contributed by atoms with Crippen molar-refractivity contribution in [1.29, 1.82) is 0 Å². The van der Waals surface area contributed by atoms with Crippen LogP contribution in [-0.2, 0) is 17.8 Å². The van der Waals surface area contributed by atoms with E-state index in [2.05, 4.69) is 22.2 Å². The number of carbonyl (C=O) groups excluding carboxylic acids is 1. The van der Waals surface area contributed by atoms with Crippen molar-refractivity contribution >= 4 is 23.4 Å². The Morgan fingerprint density at radius 1 is 1.24 bits per heavy atom. The van der Waals surface area contributed by atoms with Crippen molar-refractivity contribution in [2.24, 2.45) is 0 Å². The molecule has 0 unspecified atom stereocenters. The predicted octanol–water partition coefficient (Wildman–Crippen LogP) is 4.43. The molecule has 0 atom stereocenters. The number of anilines is 1. The second-order valence-electron chi connectivity index (χ2n) is 6.77. The number of methoxy groups -OCH3 is 1. The second-order valence-corrected chi connectivity index (χ2v) is 7.71. The van der Waals surface area contributed by atoms with Crippen LogP contribution in [0.1, 0.15) is 5.56 Å². The third-order valence-corrected chi connectivity index (χ3v) is 6.00. The molecule has 1 aromatic heterocycles. The van der Waals surface area contributed by atoms with Crippen LogP contribution in [0.5, 0.6) is 5.75 Å². The van der Waals surface area contributed by atoms with E-state index >= 15 is 0 Å².